The fraction of sp³-hybridized carbons (Fsp3) is 0.273. The highest BCUT2D eigenvalue weighted by atomic mass is 19.1. The topological polar surface area (TPSA) is 68.2 Å². The van der Waals surface area contributed by atoms with Gasteiger partial charge in [-0.3, -0.25) is 4.79 Å². The molecule has 1 aliphatic rings. The first-order valence-corrected chi connectivity index (χ1v) is 9.60. The lowest BCUT2D eigenvalue weighted by Crippen LogP contribution is -2.57. The number of hydrogen-bond acceptors (Lipinski definition) is 5. The average Bonchev–Trinajstić information content (AvgIpc) is 2.77. The van der Waals surface area contributed by atoms with Gasteiger partial charge < -0.3 is 9.64 Å². The summed E-state index contributed by atoms with van der Waals surface area (Å²) in [7, 11) is 0. The van der Waals surface area contributed by atoms with Gasteiger partial charge in [0.25, 0.3) is 0 Å². The minimum atomic E-state index is -1.02. The molecular weight excluding hydrogens is 390 g/mol. The molecule has 3 heterocycles. The molecule has 1 fully saturated rings. The Labute approximate surface area is 172 Å². The fourth-order valence-corrected chi connectivity index (χ4v) is 3.99. The molecule has 3 aromatic rings. The lowest BCUT2D eigenvalue weighted by atomic mass is 9.77. The van der Waals surface area contributed by atoms with Gasteiger partial charge in [-0.1, -0.05) is 12.1 Å². The molecule has 6 nitrogen and oxygen atoms in total. The van der Waals surface area contributed by atoms with Crippen molar-refractivity contribution in [2.24, 2.45) is 0 Å². The third-order valence-electron chi connectivity index (χ3n) is 5.53. The molecular formula is C22H20F2N4O2. The molecule has 0 saturated carbocycles. The van der Waals surface area contributed by atoms with Gasteiger partial charge in [0, 0.05) is 25.0 Å². The number of pyridine rings is 1. The van der Waals surface area contributed by atoms with Crippen molar-refractivity contribution in [2.75, 3.05) is 6.54 Å². The molecule has 0 spiro atoms. The van der Waals surface area contributed by atoms with Crippen molar-refractivity contribution in [1.29, 1.82) is 0 Å². The Morgan fingerprint density at radius 3 is 2.63 bits per heavy atom. The van der Waals surface area contributed by atoms with Crippen molar-refractivity contribution in [2.45, 2.75) is 31.4 Å². The number of carbonyl (C=O) groups is 1. The Balaban J connectivity index is 1.85. The number of likely N-dealkylation sites (tertiary alicyclic amines) is 1. The van der Waals surface area contributed by atoms with Crippen LogP contribution in [0.2, 0.25) is 0 Å². The first-order valence-electron chi connectivity index (χ1n) is 9.60. The maximum Gasteiger partial charge on any atom is 0.213 e. The number of aromatic nitrogens is 3. The number of nitrogens with zero attached hydrogens (tertiary/aromatic N) is 4. The molecule has 8 heteroatoms. The van der Waals surface area contributed by atoms with E-state index in [-0.39, 0.29) is 17.3 Å². The zero-order valence-electron chi connectivity index (χ0n) is 16.3. The van der Waals surface area contributed by atoms with Crippen molar-refractivity contribution in [3.8, 4) is 17.3 Å². The Bertz CT molecular complexity index is 1030. The smallest absolute Gasteiger partial charge is 0.213 e. The van der Waals surface area contributed by atoms with Crippen LogP contribution in [-0.4, -0.2) is 38.9 Å². The third kappa shape index (κ3) is 3.49. The number of benzene rings is 1. The molecule has 154 valence electrons. The van der Waals surface area contributed by atoms with Gasteiger partial charge in [0.1, 0.15) is 23.3 Å². The zero-order valence-corrected chi connectivity index (χ0v) is 16.3. The summed E-state index contributed by atoms with van der Waals surface area (Å²) in [6, 6.07) is 9.02. The molecule has 0 aliphatic carbocycles. The molecule has 0 N–H and O–H groups in total. The minimum Gasteiger partial charge on any atom is -0.471 e. The summed E-state index contributed by atoms with van der Waals surface area (Å²) in [6.45, 7) is 2.32. The quantitative estimate of drug-likeness (QED) is 0.600. The lowest BCUT2D eigenvalue weighted by molar-refractivity contribution is -0.132. The number of piperidine rings is 1. The van der Waals surface area contributed by atoms with Gasteiger partial charge in [-0.2, -0.15) is 0 Å². The second kappa shape index (κ2) is 8.14. The van der Waals surface area contributed by atoms with Gasteiger partial charge in [0.05, 0.1) is 11.8 Å². The van der Waals surface area contributed by atoms with Gasteiger partial charge in [-0.25, -0.2) is 23.7 Å². The molecule has 2 aromatic heterocycles. The van der Waals surface area contributed by atoms with Crippen LogP contribution in [0.5, 0.6) is 5.88 Å². The predicted octanol–water partition coefficient (Wildman–Crippen LogP) is 3.73. The van der Waals surface area contributed by atoms with E-state index in [2.05, 4.69) is 15.0 Å². The number of carbonyl (C=O) groups excluding carboxylic acids is 1. The number of ether oxygens (including phenoxy) is 1. The third-order valence-corrected chi connectivity index (χ3v) is 5.53. The fourth-order valence-electron chi connectivity index (χ4n) is 3.99. The van der Waals surface area contributed by atoms with Crippen LogP contribution in [0, 0.1) is 11.6 Å². The first-order chi connectivity index (χ1) is 14.5. The zero-order chi connectivity index (χ0) is 21.1. The van der Waals surface area contributed by atoms with E-state index in [1.807, 2.05) is 6.92 Å². The summed E-state index contributed by atoms with van der Waals surface area (Å²) in [6.07, 6.45) is 5.65. The van der Waals surface area contributed by atoms with E-state index in [1.165, 1.54) is 30.6 Å². The molecule has 1 amide bonds. The molecule has 2 atom stereocenters. The monoisotopic (exact) mass is 410 g/mol. The summed E-state index contributed by atoms with van der Waals surface area (Å²) in [5.41, 5.74) is -0.269. The van der Waals surface area contributed by atoms with E-state index < -0.39 is 23.3 Å². The van der Waals surface area contributed by atoms with Gasteiger partial charge in [-0.05, 0) is 43.5 Å². The molecule has 1 aromatic carbocycles. The average molecular weight is 410 g/mol. The molecule has 4 rings (SSSR count). The second-order valence-corrected chi connectivity index (χ2v) is 7.24. The van der Waals surface area contributed by atoms with E-state index >= 15 is 4.39 Å². The van der Waals surface area contributed by atoms with E-state index in [9.17, 15) is 9.18 Å². The SMILES string of the molecule is C[C@]1(c2cccc(F)c2-c2ncccn2)[C@H](Oc2ccc(F)cn2)CCCN1C=O. The Morgan fingerprint density at radius 1 is 1.13 bits per heavy atom. The standard InChI is InChI=1S/C22H20F2N4O2/c1-22(16-5-2-6-17(24)20(16)21-25-10-4-11-26-21)18(7-3-12-28(22)14-29)30-19-9-8-15(23)13-27-19/h2,4-6,8-11,13-14,18H,3,7,12H2,1H3/t18-,22+/m1/s1. The minimum absolute atomic E-state index is 0.218. The maximum atomic E-state index is 15.0. The second-order valence-electron chi connectivity index (χ2n) is 7.24. The van der Waals surface area contributed by atoms with Crippen LogP contribution < -0.4 is 4.74 Å². The van der Waals surface area contributed by atoms with Crippen LogP contribution in [0.1, 0.15) is 25.3 Å². The van der Waals surface area contributed by atoms with Crippen LogP contribution in [0.4, 0.5) is 8.78 Å². The van der Waals surface area contributed by atoms with E-state index in [4.69, 9.17) is 4.74 Å². The first kappa shape index (κ1) is 19.9. The normalized spacial score (nSPS) is 21.3. The largest absolute Gasteiger partial charge is 0.471 e. The summed E-state index contributed by atoms with van der Waals surface area (Å²) in [4.78, 5) is 26.0. The van der Waals surface area contributed by atoms with Crippen LogP contribution in [0.3, 0.4) is 0 Å². The van der Waals surface area contributed by atoms with E-state index in [0.29, 0.717) is 24.9 Å². The number of rotatable bonds is 5. The highest BCUT2D eigenvalue weighted by molar-refractivity contribution is 5.65. The summed E-state index contributed by atoms with van der Waals surface area (Å²) >= 11 is 0. The van der Waals surface area contributed by atoms with E-state index in [1.54, 1.807) is 23.1 Å². The predicted molar refractivity (Wildman–Crippen MR) is 105 cm³/mol. The van der Waals surface area contributed by atoms with Crippen molar-refractivity contribution in [1.82, 2.24) is 19.9 Å². The van der Waals surface area contributed by atoms with Crippen molar-refractivity contribution in [3.63, 3.8) is 0 Å². The van der Waals surface area contributed by atoms with Crippen molar-refractivity contribution < 1.29 is 18.3 Å². The van der Waals surface area contributed by atoms with Crippen molar-refractivity contribution in [3.05, 3.63) is 72.2 Å². The van der Waals surface area contributed by atoms with Crippen LogP contribution in [-0.2, 0) is 10.3 Å². The molecule has 0 bridgehead atoms. The van der Waals surface area contributed by atoms with Crippen molar-refractivity contribution >= 4 is 6.41 Å². The maximum absolute atomic E-state index is 15.0. The molecule has 1 saturated heterocycles. The lowest BCUT2D eigenvalue weighted by Gasteiger charge is -2.48. The molecule has 0 unspecified atom stereocenters. The Kier molecular flexibility index (Phi) is 5.39. The Morgan fingerprint density at radius 2 is 1.93 bits per heavy atom. The molecule has 0 radical (unpaired) electrons. The molecule has 1 aliphatic heterocycles. The van der Waals surface area contributed by atoms with Gasteiger partial charge in [0.2, 0.25) is 12.3 Å². The Hall–Kier alpha value is -3.42. The number of halogens is 2. The van der Waals surface area contributed by atoms with Gasteiger partial charge in [0.15, 0.2) is 5.82 Å². The van der Waals surface area contributed by atoms with Crippen LogP contribution in [0.25, 0.3) is 11.4 Å². The van der Waals surface area contributed by atoms with E-state index in [0.717, 1.165) is 12.6 Å². The van der Waals surface area contributed by atoms with Gasteiger partial charge >= 0.3 is 0 Å². The summed E-state index contributed by atoms with van der Waals surface area (Å²) < 4.78 is 34.4. The highest BCUT2D eigenvalue weighted by Gasteiger charge is 2.47. The number of amides is 1. The number of hydrogen-bond donors (Lipinski definition) is 0. The van der Waals surface area contributed by atoms with Crippen LogP contribution >= 0.6 is 0 Å². The molecule has 30 heavy (non-hydrogen) atoms. The highest BCUT2D eigenvalue weighted by Crippen LogP contribution is 2.43. The van der Waals surface area contributed by atoms with Gasteiger partial charge in [-0.15, -0.1) is 0 Å². The van der Waals surface area contributed by atoms with Crippen LogP contribution in [0.15, 0.2) is 55.0 Å². The summed E-state index contributed by atoms with van der Waals surface area (Å²) in [5, 5.41) is 0. The summed E-state index contributed by atoms with van der Waals surface area (Å²) in [5.74, 6) is -0.511.